The van der Waals surface area contributed by atoms with Gasteiger partial charge >= 0.3 is 0 Å². The van der Waals surface area contributed by atoms with Gasteiger partial charge in [-0.3, -0.25) is 0 Å². The van der Waals surface area contributed by atoms with Crippen LogP contribution in [0.15, 0.2) is 18.2 Å². The van der Waals surface area contributed by atoms with Crippen LogP contribution < -0.4 is 4.74 Å². The van der Waals surface area contributed by atoms with Gasteiger partial charge in [0.1, 0.15) is 5.82 Å². The van der Waals surface area contributed by atoms with Crippen molar-refractivity contribution in [3.63, 3.8) is 0 Å². The lowest BCUT2D eigenvalue weighted by Gasteiger charge is -2.10. The molecule has 0 N–H and O–H groups in total. The molecular weight excluding hydrogens is 216 g/mol. The van der Waals surface area contributed by atoms with E-state index in [1.54, 1.807) is 7.11 Å². The van der Waals surface area contributed by atoms with Gasteiger partial charge in [-0.05, 0) is 32.1 Å². The molecule has 0 aliphatic carbocycles. The number of likely N-dealkylation sites (N-methyl/N-ethyl adjacent to an activating group) is 1. The summed E-state index contributed by atoms with van der Waals surface area (Å²) in [5, 5.41) is 8.54. The van der Waals surface area contributed by atoms with E-state index in [4.69, 9.17) is 4.74 Å². The molecule has 1 aliphatic heterocycles. The highest BCUT2D eigenvalue weighted by atomic mass is 16.5. The second-order valence-corrected chi connectivity index (χ2v) is 4.57. The van der Waals surface area contributed by atoms with Crippen LogP contribution in [-0.2, 0) is 0 Å². The molecule has 0 amide bonds. The summed E-state index contributed by atoms with van der Waals surface area (Å²) < 4.78 is 7.40. The monoisotopic (exact) mass is 232 g/mol. The number of nitrogens with zero attached hydrogens (tertiary/aromatic N) is 4. The minimum absolute atomic E-state index is 0.450. The topological polar surface area (TPSA) is 42.7 Å². The first kappa shape index (κ1) is 10.5. The van der Waals surface area contributed by atoms with Gasteiger partial charge in [0, 0.05) is 12.5 Å². The van der Waals surface area contributed by atoms with Gasteiger partial charge in [0.2, 0.25) is 5.88 Å². The first-order chi connectivity index (χ1) is 8.29. The van der Waals surface area contributed by atoms with Crippen LogP contribution in [0, 0.1) is 0 Å². The Morgan fingerprint density at radius 1 is 1.35 bits per heavy atom. The van der Waals surface area contributed by atoms with E-state index < -0.39 is 0 Å². The molecule has 2 aromatic rings. The number of fused-ring (bicyclic) bond motifs is 1. The smallest absolute Gasteiger partial charge is 0.200 e. The Kier molecular flexibility index (Phi) is 2.48. The zero-order valence-electron chi connectivity index (χ0n) is 10.1. The van der Waals surface area contributed by atoms with Gasteiger partial charge in [-0.15, -0.1) is 10.2 Å². The van der Waals surface area contributed by atoms with E-state index in [9.17, 15) is 0 Å². The predicted octanol–water partition coefficient (Wildman–Crippen LogP) is 1.16. The summed E-state index contributed by atoms with van der Waals surface area (Å²) in [5.41, 5.74) is 0.855. The van der Waals surface area contributed by atoms with Crippen LogP contribution in [0.25, 0.3) is 5.65 Å². The number of methoxy groups -OCH3 is 1. The van der Waals surface area contributed by atoms with E-state index in [-0.39, 0.29) is 0 Å². The summed E-state index contributed by atoms with van der Waals surface area (Å²) in [5.74, 6) is 2.27. The summed E-state index contributed by atoms with van der Waals surface area (Å²) in [7, 11) is 3.82. The Bertz CT molecular complexity index is 536. The summed E-state index contributed by atoms with van der Waals surface area (Å²) >= 11 is 0. The van der Waals surface area contributed by atoms with Crippen molar-refractivity contribution < 1.29 is 4.74 Å². The van der Waals surface area contributed by atoms with Gasteiger partial charge in [-0.25, -0.2) is 4.40 Å². The molecule has 5 nitrogen and oxygen atoms in total. The van der Waals surface area contributed by atoms with E-state index >= 15 is 0 Å². The van der Waals surface area contributed by atoms with Crippen molar-refractivity contribution in [1.29, 1.82) is 0 Å². The molecule has 3 rings (SSSR count). The fourth-order valence-electron chi connectivity index (χ4n) is 2.50. The Morgan fingerprint density at radius 3 is 2.94 bits per heavy atom. The van der Waals surface area contributed by atoms with Gasteiger partial charge in [-0.2, -0.15) is 0 Å². The fourth-order valence-corrected chi connectivity index (χ4v) is 2.50. The molecule has 0 saturated carbocycles. The van der Waals surface area contributed by atoms with Crippen LogP contribution in [0.1, 0.15) is 18.2 Å². The molecule has 1 fully saturated rings. The number of ether oxygens (including phenoxy) is 1. The lowest BCUT2D eigenvalue weighted by molar-refractivity contribution is 0.385. The maximum absolute atomic E-state index is 5.38. The van der Waals surface area contributed by atoms with Gasteiger partial charge < -0.3 is 9.64 Å². The molecule has 0 bridgehead atoms. The summed E-state index contributed by atoms with van der Waals surface area (Å²) in [4.78, 5) is 2.32. The summed E-state index contributed by atoms with van der Waals surface area (Å²) in [6, 6.07) is 5.84. The normalized spacial score (nSPS) is 21.2. The zero-order valence-corrected chi connectivity index (χ0v) is 10.1. The molecule has 0 spiro atoms. The molecule has 0 radical (unpaired) electrons. The lowest BCUT2D eigenvalue weighted by atomic mass is 10.1. The van der Waals surface area contributed by atoms with E-state index in [0.29, 0.717) is 5.92 Å². The Hall–Kier alpha value is -1.62. The molecule has 0 aromatic carbocycles. The van der Waals surface area contributed by atoms with Crippen LogP contribution in [0.4, 0.5) is 0 Å². The molecule has 2 aromatic heterocycles. The molecule has 5 heteroatoms. The van der Waals surface area contributed by atoms with E-state index in [1.807, 2.05) is 22.6 Å². The Morgan fingerprint density at radius 2 is 2.24 bits per heavy atom. The third-order valence-electron chi connectivity index (χ3n) is 3.38. The SMILES string of the molecule is COc1cccc2nnc(C3CCN(C)C3)n12. The standard InChI is InChI=1S/C12H16N4O/c1-15-7-6-9(8-15)12-14-13-10-4-3-5-11(17-2)16(10)12/h3-5,9H,6-8H2,1-2H3. The molecule has 17 heavy (non-hydrogen) atoms. The average Bonchev–Trinajstić information content (AvgIpc) is 2.94. The number of hydrogen-bond acceptors (Lipinski definition) is 4. The third kappa shape index (κ3) is 1.67. The maximum Gasteiger partial charge on any atom is 0.200 e. The van der Waals surface area contributed by atoms with E-state index in [1.165, 1.54) is 0 Å². The molecule has 3 heterocycles. The van der Waals surface area contributed by atoms with Crippen molar-refractivity contribution in [3.05, 3.63) is 24.0 Å². The van der Waals surface area contributed by atoms with Crippen LogP contribution in [-0.4, -0.2) is 46.7 Å². The van der Waals surface area contributed by atoms with E-state index in [0.717, 1.165) is 36.9 Å². The highest BCUT2D eigenvalue weighted by Gasteiger charge is 2.26. The quantitative estimate of drug-likeness (QED) is 0.779. The van der Waals surface area contributed by atoms with Crippen LogP contribution in [0.5, 0.6) is 5.88 Å². The lowest BCUT2D eigenvalue weighted by Crippen LogP contribution is -2.14. The van der Waals surface area contributed by atoms with Crippen molar-refractivity contribution in [2.75, 3.05) is 27.2 Å². The van der Waals surface area contributed by atoms with Gasteiger partial charge in [-0.1, -0.05) is 6.07 Å². The minimum atomic E-state index is 0.450. The highest BCUT2D eigenvalue weighted by Crippen LogP contribution is 2.27. The van der Waals surface area contributed by atoms with Crippen molar-refractivity contribution in [3.8, 4) is 5.88 Å². The van der Waals surface area contributed by atoms with Crippen LogP contribution in [0.3, 0.4) is 0 Å². The number of aromatic nitrogens is 3. The van der Waals surface area contributed by atoms with Crippen LogP contribution >= 0.6 is 0 Å². The van der Waals surface area contributed by atoms with Crippen molar-refractivity contribution in [2.24, 2.45) is 0 Å². The minimum Gasteiger partial charge on any atom is -0.482 e. The zero-order chi connectivity index (χ0) is 11.8. The summed E-state index contributed by atoms with van der Waals surface area (Å²) in [6.45, 7) is 2.16. The van der Waals surface area contributed by atoms with Gasteiger partial charge in [0.25, 0.3) is 0 Å². The maximum atomic E-state index is 5.38. The molecular formula is C12H16N4O. The highest BCUT2D eigenvalue weighted by molar-refractivity contribution is 5.42. The predicted molar refractivity (Wildman–Crippen MR) is 64.4 cm³/mol. The number of rotatable bonds is 2. The van der Waals surface area contributed by atoms with E-state index in [2.05, 4.69) is 22.1 Å². The summed E-state index contributed by atoms with van der Waals surface area (Å²) in [6.07, 6.45) is 1.13. The molecule has 1 atom stereocenters. The molecule has 90 valence electrons. The van der Waals surface area contributed by atoms with Crippen LogP contribution in [0.2, 0.25) is 0 Å². The first-order valence-electron chi connectivity index (χ1n) is 5.86. The van der Waals surface area contributed by atoms with Gasteiger partial charge in [0.15, 0.2) is 5.65 Å². The number of pyridine rings is 1. The fraction of sp³-hybridized carbons (Fsp3) is 0.500. The second kappa shape index (κ2) is 4.00. The second-order valence-electron chi connectivity index (χ2n) is 4.57. The third-order valence-corrected chi connectivity index (χ3v) is 3.38. The molecule has 1 aliphatic rings. The number of hydrogen-bond donors (Lipinski definition) is 0. The average molecular weight is 232 g/mol. The Labute approximate surface area is 100 Å². The number of likely N-dealkylation sites (tertiary alicyclic amines) is 1. The Balaban J connectivity index is 2.10. The largest absolute Gasteiger partial charge is 0.482 e. The molecule has 1 unspecified atom stereocenters. The van der Waals surface area contributed by atoms with Crippen molar-refractivity contribution >= 4 is 5.65 Å². The van der Waals surface area contributed by atoms with Crippen molar-refractivity contribution in [1.82, 2.24) is 19.5 Å². The molecule has 1 saturated heterocycles. The van der Waals surface area contributed by atoms with Gasteiger partial charge in [0.05, 0.1) is 7.11 Å². The van der Waals surface area contributed by atoms with Crippen molar-refractivity contribution in [2.45, 2.75) is 12.3 Å². The first-order valence-corrected chi connectivity index (χ1v) is 5.86.